The van der Waals surface area contributed by atoms with E-state index in [2.05, 4.69) is 34.6 Å². The van der Waals surface area contributed by atoms with E-state index in [9.17, 15) is 4.79 Å². The summed E-state index contributed by atoms with van der Waals surface area (Å²) in [6.45, 7) is 2.35. The molecule has 0 spiro atoms. The van der Waals surface area contributed by atoms with E-state index in [1.807, 2.05) is 16.7 Å². The fourth-order valence-electron chi connectivity index (χ4n) is 3.62. The second kappa shape index (κ2) is 10.2. The minimum Gasteiger partial charge on any atom is -0.454 e. The number of nitrogens with one attached hydrogen (secondary N) is 1. The number of hydrogen-bond acceptors (Lipinski definition) is 6. The van der Waals surface area contributed by atoms with E-state index in [-0.39, 0.29) is 19.2 Å². The molecular weight excluding hydrogens is 507 g/mol. The number of carbonyl (C=O) groups is 1. The zero-order chi connectivity index (χ0) is 24.4. The molecule has 0 saturated heterocycles. The molecule has 0 saturated carbocycles. The highest BCUT2D eigenvalue weighted by atomic mass is 35.5. The minimum absolute atomic E-state index is 0.133. The van der Waals surface area contributed by atoms with Crippen LogP contribution in [0, 0.1) is 6.92 Å². The number of nitrogens with zero attached hydrogens (tertiary/aromatic N) is 3. The molecule has 5 rings (SSSR count). The molecule has 0 atom stereocenters. The van der Waals surface area contributed by atoms with Gasteiger partial charge in [0.05, 0.1) is 17.3 Å². The fraction of sp³-hybridized carbons (Fsp3) is 0.160. The highest BCUT2D eigenvalue weighted by Crippen LogP contribution is 2.33. The zero-order valence-corrected chi connectivity index (χ0v) is 21.0. The van der Waals surface area contributed by atoms with E-state index >= 15 is 0 Å². The Labute approximate surface area is 216 Å². The molecule has 0 unspecified atom stereocenters. The van der Waals surface area contributed by atoms with Gasteiger partial charge < -0.3 is 14.8 Å². The molecule has 1 aliphatic heterocycles. The highest BCUT2D eigenvalue weighted by Gasteiger charge is 2.20. The lowest BCUT2D eigenvalue weighted by atomic mass is 10.1. The number of fused-ring (bicyclic) bond motifs is 1. The van der Waals surface area contributed by atoms with Crippen LogP contribution in [0.15, 0.2) is 65.8 Å². The second-order valence-electron chi connectivity index (χ2n) is 7.80. The molecule has 0 radical (unpaired) electrons. The van der Waals surface area contributed by atoms with Crippen molar-refractivity contribution in [3.8, 4) is 17.2 Å². The third-order valence-electron chi connectivity index (χ3n) is 5.51. The summed E-state index contributed by atoms with van der Waals surface area (Å²) in [5.41, 5.74) is 3.49. The van der Waals surface area contributed by atoms with Crippen molar-refractivity contribution in [2.24, 2.45) is 0 Å². The summed E-state index contributed by atoms with van der Waals surface area (Å²) >= 11 is 14.3. The van der Waals surface area contributed by atoms with Crippen LogP contribution in [-0.2, 0) is 12.3 Å². The van der Waals surface area contributed by atoms with Gasteiger partial charge in [-0.2, -0.15) is 0 Å². The van der Waals surface area contributed by atoms with Crippen LogP contribution in [0.4, 0.5) is 0 Å². The quantitative estimate of drug-likeness (QED) is 0.305. The predicted molar refractivity (Wildman–Crippen MR) is 136 cm³/mol. The maximum Gasteiger partial charge on any atom is 0.251 e. The van der Waals surface area contributed by atoms with Crippen molar-refractivity contribution in [2.75, 3.05) is 6.79 Å². The number of benzene rings is 3. The molecular formula is C25H20Cl2N4O3S. The third-order valence-corrected chi connectivity index (χ3v) is 7.04. The summed E-state index contributed by atoms with van der Waals surface area (Å²) in [5, 5.41) is 13.3. The lowest BCUT2D eigenvalue weighted by molar-refractivity contribution is 0.0949. The van der Waals surface area contributed by atoms with Gasteiger partial charge in [-0.3, -0.25) is 9.36 Å². The van der Waals surface area contributed by atoms with Crippen molar-refractivity contribution in [1.82, 2.24) is 20.1 Å². The Bertz CT molecular complexity index is 1410. The Morgan fingerprint density at radius 2 is 1.89 bits per heavy atom. The minimum atomic E-state index is -0.274. The van der Waals surface area contributed by atoms with E-state index in [0.717, 1.165) is 0 Å². The first-order valence-electron chi connectivity index (χ1n) is 10.7. The van der Waals surface area contributed by atoms with Crippen molar-refractivity contribution >= 4 is 40.9 Å². The molecule has 1 aliphatic rings. The van der Waals surface area contributed by atoms with Gasteiger partial charge in [-0.05, 0) is 54.4 Å². The number of thioether (sulfide) groups is 1. The number of halogens is 2. The molecule has 10 heteroatoms. The second-order valence-corrected chi connectivity index (χ2v) is 9.58. The molecule has 3 aromatic carbocycles. The molecule has 1 N–H and O–H groups in total. The molecule has 0 fully saturated rings. The smallest absolute Gasteiger partial charge is 0.251 e. The average Bonchev–Trinajstić information content (AvgIpc) is 3.50. The van der Waals surface area contributed by atoms with Gasteiger partial charge >= 0.3 is 0 Å². The Morgan fingerprint density at radius 1 is 1.06 bits per heavy atom. The maximum atomic E-state index is 12.8. The summed E-state index contributed by atoms with van der Waals surface area (Å²) in [4.78, 5) is 12.8. The standard InChI is InChI=1S/C25H20Cl2N4O3S/c1-15-4-2-3-5-17(15)13-35-25-30-29-23(31(25)20-11-18(26)7-8-19(20)27)12-28-24(32)16-6-9-21-22(10-16)34-14-33-21/h2-11H,12-14H2,1H3,(H,28,32). The highest BCUT2D eigenvalue weighted by molar-refractivity contribution is 7.98. The van der Waals surface area contributed by atoms with Crippen LogP contribution in [0.1, 0.15) is 27.3 Å². The van der Waals surface area contributed by atoms with Crippen molar-refractivity contribution in [3.63, 3.8) is 0 Å². The first-order chi connectivity index (χ1) is 17.0. The normalized spacial score (nSPS) is 12.1. The number of ether oxygens (including phenoxy) is 2. The molecule has 7 nitrogen and oxygen atoms in total. The summed E-state index contributed by atoms with van der Waals surface area (Å²) < 4.78 is 12.5. The molecule has 4 aromatic rings. The number of aryl methyl sites for hydroxylation is 1. The van der Waals surface area contributed by atoms with E-state index in [0.29, 0.717) is 49.5 Å². The summed E-state index contributed by atoms with van der Waals surface area (Å²) in [5.74, 6) is 2.11. The fourth-order valence-corrected chi connectivity index (χ4v) is 5.03. The summed E-state index contributed by atoms with van der Waals surface area (Å²) in [6, 6.07) is 18.4. The maximum absolute atomic E-state index is 12.8. The lowest BCUT2D eigenvalue weighted by Crippen LogP contribution is -2.24. The molecule has 178 valence electrons. The van der Waals surface area contributed by atoms with Gasteiger partial charge in [-0.15, -0.1) is 10.2 Å². The van der Waals surface area contributed by atoms with Crippen molar-refractivity contribution in [1.29, 1.82) is 0 Å². The number of aromatic nitrogens is 3. The van der Waals surface area contributed by atoms with Gasteiger partial charge in [0.2, 0.25) is 6.79 Å². The Morgan fingerprint density at radius 3 is 2.74 bits per heavy atom. The number of rotatable bonds is 7. The lowest BCUT2D eigenvalue weighted by Gasteiger charge is -2.13. The number of hydrogen-bond donors (Lipinski definition) is 1. The van der Waals surface area contributed by atoms with E-state index in [1.54, 1.807) is 36.4 Å². The van der Waals surface area contributed by atoms with Crippen LogP contribution >= 0.6 is 35.0 Å². The van der Waals surface area contributed by atoms with Gasteiger partial charge in [0.15, 0.2) is 22.5 Å². The van der Waals surface area contributed by atoms with Gasteiger partial charge in [0.1, 0.15) is 0 Å². The summed E-state index contributed by atoms with van der Waals surface area (Å²) in [7, 11) is 0. The zero-order valence-electron chi connectivity index (χ0n) is 18.6. The molecule has 2 heterocycles. The monoisotopic (exact) mass is 526 g/mol. The van der Waals surface area contributed by atoms with E-state index < -0.39 is 0 Å². The Balaban J connectivity index is 1.41. The Hall–Kier alpha value is -3.20. The molecule has 1 aromatic heterocycles. The average molecular weight is 527 g/mol. The molecule has 0 aliphatic carbocycles. The van der Waals surface area contributed by atoms with Crippen LogP contribution in [0.5, 0.6) is 11.5 Å². The van der Waals surface area contributed by atoms with Crippen LogP contribution in [-0.4, -0.2) is 27.5 Å². The largest absolute Gasteiger partial charge is 0.454 e. The molecule has 0 bridgehead atoms. The van der Waals surface area contributed by atoms with Crippen molar-refractivity contribution in [3.05, 3.63) is 93.2 Å². The third kappa shape index (κ3) is 5.10. The van der Waals surface area contributed by atoms with E-state index in [1.165, 1.54) is 22.9 Å². The molecule has 1 amide bonds. The first kappa shape index (κ1) is 23.5. The van der Waals surface area contributed by atoms with Crippen molar-refractivity contribution < 1.29 is 14.3 Å². The van der Waals surface area contributed by atoms with Crippen LogP contribution in [0.3, 0.4) is 0 Å². The van der Waals surface area contributed by atoms with Gasteiger partial charge in [0.25, 0.3) is 5.91 Å². The Kier molecular flexibility index (Phi) is 6.86. The summed E-state index contributed by atoms with van der Waals surface area (Å²) in [6.07, 6.45) is 0. The van der Waals surface area contributed by atoms with Crippen LogP contribution in [0.25, 0.3) is 5.69 Å². The molecule has 35 heavy (non-hydrogen) atoms. The van der Waals surface area contributed by atoms with Gasteiger partial charge in [-0.25, -0.2) is 0 Å². The number of amides is 1. The van der Waals surface area contributed by atoms with Gasteiger partial charge in [0, 0.05) is 16.3 Å². The van der Waals surface area contributed by atoms with Crippen molar-refractivity contribution in [2.45, 2.75) is 24.4 Å². The van der Waals surface area contributed by atoms with Crippen LogP contribution in [0.2, 0.25) is 10.0 Å². The predicted octanol–water partition coefficient (Wildman–Crippen LogP) is 5.83. The topological polar surface area (TPSA) is 78.3 Å². The van der Waals surface area contributed by atoms with Crippen LogP contribution < -0.4 is 14.8 Å². The SMILES string of the molecule is Cc1ccccc1CSc1nnc(CNC(=O)c2ccc3c(c2)OCO3)n1-c1cc(Cl)ccc1Cl. The number of carbonyl (C=O) groups excluding carboxylic acids is 1. The van der Waals surface area contributed by atoms with E-state index in [4.69, 9.17) is 32.7 Å². The van der Waals surface area contributed by atoms with Gasteiger partial charge in [-0.1, -0.05) is 59.2 Å². The first-order valence-corrected chi connectivity index (χ1v) is 12.5.